The summed E-state index contributed by atoms with van der Waals surface area (Å²) in [5.74, 6) is 0.915. The number of likely N-dealkylation sites (tertiary alicyclic amines) is 1. The van der Waals surface area contributed by atoms with E-state index in [1.807, 2.05) is 30.0 Å². The maximum absolute atomic E-state index is 12.6. The first kappa shape index (κ1) is 14.3. The number of carbonyl (C=O) groups excluding carboxylic acids is 1. The summed E-state index contributed by atoms with van der Waals surface area (Å²) in [5, 5.41) is 0.598. The Balaban J connectivity index is 1.84. The highest BCUT2D eigenvalue weighted by Crippen LogP contribution is 2.27. The lowest BCUT2D eigenvalue weighted by Crippen LogP contribution is -2.31. The van der Waals surface area contributed by atoms with Crippen LogP contribution in [0.25, 0.3) is 10.2 Å². The summed E-state index contributed by atoms with van der Waals surface area (Å²) in [6.07, 6.45) is 4.65. The molecule has 112 valence electrons. The molecule has 4 nitrogen and oxygen atoms in total. The van der Waals surface area contributed by atoms with Crippen LogP contribution in [0.15, 0.2) is 18.2 Å². The molecule has 0 aliphatic carbocycles. The molecule has 1 fully saturated rings. The molecule has 1 aromatic heterocycles. The standard InChI is InChI=1S/C16H20N2O2S/c1-2-20-12-7-8-13-14(11-12)21-15(17-13)16(19)18-9-5-3-4-6-10-18/h7-8,11H,2-6,9-10H2,1H3. The second-order valence-corrected chi connectivity index (χ2v) is 6.32. The van der Waals surface area contributed by atoms with Gasteiger partial charge in [-0.25, -0.2) is 4.98 Å². The van der Waals surface area contributed by atoms with Crippen LogP contribution in [-0.2, 0) is 0 Å². The number of amides is 1. The van der Waals surface area contributed by atoms with Crippen LogP contribution in [0, 0.1) is 0 Å². The minimum Gasteiger partial charge on any atom is -0.494 e. The molecule has 0 N–H and O–H groups in total. The van der Waals surface area contributed by atoms with Crippen molar-refractivity contribution in [2.75, 3.05) is 19.7 Å². The predicted octanol–water partition coefficient (Wildman–Crippen LogP) is 3.71. The number of ether oxygens (including phenoxy) is 1. The third-order valence-electron chi connectivity index (χ3n) is 3.75. The van der Waals surface area contributed by atoms with Crippen molar-refractivity contribution in [2.24, 2.45) is 0 Å². The zero-order valence-electron chi connectivity index (χ0n) is 12.3. The van der Waals surface area contributed by atoms with Gasteiger partial charge in [0.25, 0.3) is 5.91 Å². The molecular weight excluding hydrogens is 284 g/mol. The Morgan fingerprint density at radius 3 is 2.76 bits per heavy atom. The molecule has 1 aliphatic heterocycles. The number of hydrogen-bond donors (Lipinski definition) is 0. The van der Waals surface area contributed by atoms with E-state index in [2.05, 4.69) is 4.98 Å². The molecule has 0 saturated carbocycles. The van der Waals surface area contributed by atoms with Gasteiger partial charge in [0.15, 0.2) is 5.01 Å². The van der Waals surface area contributed by atoms with Gasteiger partial charge < -0.3 is 9.64 Å². The van der Waals surface area contributed by atoms with Crippen LogP contribution in [0.3, 0.4) is 0 Å². The van der Waals surface area contributed by atoms with Gasteiger partial charge >= 0.3 is 0 Å². The number of thiazole rings is 1. The van der Waals surface area contributed by atoms with E-state index in [0.29, 0.717) is 11.6 Å². The third-order valence-corrected chi connectivity index (χ3v) is 4.75. The van der Waals surface area contributed by atoms with Crippen LogP contribution >= 0.6 is 11.3 Å². The maximum atomic E-state index is 12.6. The quantitative estimate of drug-likeness (QED) is 0.868. The number of rotatable bonds is 3. The monoisotopic (exact) mass is 304 g/mol. The maximum Gasteiger partial charge on any atom is 0.282 e. The first-order chi connectivity index (χ1) is 10.3. The molecule has 3 rings (SSSR count). The van der Waals surface area contributed by atoms with Crippen LogP contribution < -0.4 is 4.74 Å². The normalized spacial score (nSPS) is 16.0. The smallest absolute Gasteiger partial charge is 0.282 e. The van der Waals surface area contributed by atoms with Crippen LogP contribution in [-0.4, -0.2) is 35.5 Å². The van der Waals surface area contributed by atoms with Crippen molar-refractivity contribution in [1.29, 1.82) is 0 Å². The highest BCUT2D eigenvalue weighted by Gasteiger charge is 2.20. The molecule has 1 aromatic carbocycles. The Bertz CT molecular complexity index is 630. The van der Waals surface area contributed by atoms with Crippen LogP contribution in [0.4, 0.5) is 0 Å². The van der Waals surface area contributed by atoms with Gasteiger partial charge in [-0.2, -0.15) is 0 Å². The van der Waals surface area contributed by atoms with E-state index >= 15 is 0 Å². The summed E-state index contributed by atoms with van der Waals surface area (Å²) in [7, 11) is 0. The fourth-order valence-corrected chi connectivity index (χ4v) is 3.62. The van der Waals surface area contributed by atoms with Crippen molar-refractivity contribution in [3.8, 4) is 5.75 Å². The molecule has 1 aliphatic rings. The molecule has 21 heavy (non-hydrogen) atoms. The minimum absolute atomic E-state index is 0.0797. The van der Waals surface area contributed by atoms with Crippen LogP contribution in [0.2, 0.25) is 0 Å². The molecule has 5 heteroatoms. The van der Waals surface area contributed by atoms with Crippen molar-refractivity contribution >= 4 is 27.5 Å². The average molecular weight is 304 g/mol. The zero-order valence-corrected chi connectivity index (χ0v) is 13.1. The number of benzene rings is 1. The predicted molar refractivity (Wildman–Crippen MR) is 85.2 cm³/mol. The third kappa shape index (κ3) is 3.18. The summed E-state index contributed by atoms with van der Waals surface area (Å²) < 4.78 is 6.51. The molecule has 0 radical (unpaired) electrons. The Morgan fingerprint density at radius 2 is 2.05 bits per heavy atom. The lowest BCUT2D eigenvalue weighted by atomic mass is 10.2. The van der Waals surface area contributed by atoms with Gasteiger partial charge in [0.05, 0.1) is 16.8 Å². The number of fused-ring (bicyclic) bond motifs is 1. The molecule has 1 saturated heterocycles. The van der Waals surface area contributed by atoms with Crippen LogP contribution in [0.5, 0.6) is 5.75 Å². The second kappa shape index (κ2) is 6.43. The topological polar surface area (TPSA) is 42.4 Å². The molecule has 0 bridgehead atoms. The van der Waals surface area contributed by atoms with Gasteiger partial charge in [0.1, 0.15) is 5.75 Å². The molecular formula is C16H20N2O2S. The average Bonchev–Trinajstić information content (AvgIpc) is 2.72. The number of aromatic nitrogens is 1. The lowest BCUT2D eigenvalue weighted by Gasteiger charge is -2.18. The van der Waals surface area contributed by atoms with E-state index in [-0.39, 0.29) is 5.91 Å². The highest BCUT2D eigenvalue weighted by molar-refractivity contribution is 7.20. The second-order valence-electron chi connectivity index (χ2n) is 5.29. The molecule has 2 aromatic rings. The SMILES string of the molecule is CCOc1ccc2nc(C(=O)N3CCCCCC3)sc2c1. The minimum atomic E-state index is 0.0797. The number of carbonyl (C=O) groups is 1. The van der Waals surface area contributed by atoms with E-state index in [0.717, 1.165) is 41.9 Å². The lowest BCUT2D eigenvalue weighted by molar-refractivity contribution is 0.0761. The van der Waals surface area contributed by atoms with Gasteiger partial charge in [-0.1, -0.05) is 12.8 Å². The van der Waals surface area contributed by atoms with Crippen LogP contribution in [0.1, 0.15) is 42.4 Å². The van der Waals surface area contributed by atoms with Crippen molar-refractivity contribution in [3.63, 3.8) is 0 Å². The van der Waals surface area contributed by atoms with E-state index < -0.39 is 0 Å². The van der Waals surface area contributed by atoms with E-state index in [4.69, 9.17) is 4.74 Å². The summed E-state index contributed by atoms with van der Waals surface area (Å²) in [6, 6.07) is 5.80. The van der Waals surface area contributed by atoms with Gasteiger partial charge in [0, 0.05) is 13.1 Å². The molecule has 2 heterocycles. The van der Waals surface area contributed by atoms with Crippen molar-refractivity contribution in [1.82, 2.24) is 9.88 Å². The summed E-state index contributed by atoms with van der Waals surface area (Å²) in [6.45, 7) is 4.33. The molecule has 0 unspecified atom stereocenters. The van der Waals surface area contributed by atoms with Crippen molar-refractivity contribution < 1.29 is 9.53 Å². The molecule has 0 spiro atoms. The largest absolute Gasteiger partial charge is 0.494 e. The number of hydrogen-bond acceptors (Lipinski definition) is 4. The summed E-state index contributed by atoms with van der Waals surface area (Å²) in [5.41, 5.74) is 0.877. The number of nitrogens with zero attached hydrogens (tertiary/aromatic N) is 2. The van der Waals surface area contributed by atoms with E-state index in [1.54, 1.807) is 0 Å². The zero-order chi connectivity index (χ0) is 14.7. The van der Waals surface area contributed by atoms with Gasteiger partial charge in [-0.05, 0) is 38.0 Å². The first-order valence-electron chi connectivity index (χ1n) is 7.60. The van der Waals surface area contributed by atoms with Gasteiger partial charge in [-0.15, -0.1) is 11.3 Å². The highest BCUT2D eigenvalue weighted by atomic mass is 32.1. The summed E-state index contributed by atoms with van der Waals surface area (Å²) >= 11 is 1.46. The van der Waals surface area contributed by atoms with Gasteiger partial charge in [0.2, 0.25) is 0 Å². The Morgan fingerprint density at radius 1 is 1.29 bits per heavy atom. The molecule has 1 amide bonds. The Labute approximate surface area is 128 Å². The van der Waals surface area contributed by atoms with Gasteiger partial charge in [-0.3, -0.25) is 4.79 Å². The van der Waals surface area contributed by atoms with E-state index in [9.17, 15) is 4.79 Å². The fourth-order valence-electron chi connectivity index (χ4n) is 2.66. The summed E-state index contributed by atoms with van der Waals surface area (Å²) in [4.78, 5) is 19.0. The van der Waals surface area contributed by atoms with E-state index in [1.165, 1.54) is 24.2 Å². The molecule has 0 atom stereocenters. The first-order valence-corrected chi connectivity index (χ1v) is 8.42. The van der Waals surface area contributed by atoms with Crippen molar-refractivity contribution in [2.45, 2.75) is 32.6 Å². The van der Waals surface area contributed by atoms with Crippen molar-refractivity contribution in [3.05, 3.63) is 23.2 Å². The Kier molecular flexibility index (Phi) is 4.39. The Hall–Kier alpha value is -1.62. The fraction of sp³-hybridized carbons (Fsp3) is 0.500.